The van der Waals surface area contributed by atoms with Gasteiger partial charge < -0.3 is 14.8 Å². The van der Waals surface area contributed by atoms with Gasteiger partial charge in [-0.2, -0.15) is 0 Å². The highest BCUT2D eigenvalue weighted by molar-refractivity contribution is 6.03. The molecule has 1 unspecified atom stereocenters. The van der Waals surface area contributed by atoms with E-state index in [1.165, 1.54) is 5.56 Å². The van der Waals surface area contributed by atoms with Crippen LogP contribution in [-0.2, 0) is 22.6 Å². The lowest BCUT2D eigenvalue weighted by molar-refractivity contribution is -0.122. The van der Waals surface area contributed by atoms with E-state index in [1.807, 2.05) is 62.5 Å². The van der Waals surface area contributed by atoms with E-state index in [0.29, 0.717) is 6.54 Å². The van der Waals surface area contributed by atoms with Crippen LogP contribution in [0, 0.1) is 19.8 Å². The summed E-state index contributed by atoms with van der Waals surface area (Å²) in [6.07, 6.45) is 4.34. The molecule has 6 heteroatoms. The smallest absolute Gasteiger partial charge is 0.229 e. The summed E-state index contributed by atoms with van der Waals surface area (Å²) in [6.45, 7) is 5.50. The highest BCUT2D eigenvalue weighted by Crippen LogP contribution is 2.29. The van der Waals surface area contributed by atoms with Crippen LogP contribution >= 0.6 is 0 Å². The highest BCUT2D eigenvalue weighted by atomic mass is 16.2. The largest absolute Gasteiger partial charge is 0.328 e. The van der Waals surface area contributed by atoms with Crippen molar-refractivity contribution in [3.63, 3.8) is 0 Å². The lowest BCUT2D eigenvalue weighted by Crippen LogP contribution is -2.28. The number of aryl methyl sites for hydroxylation is 3. The molecule has 3 aromatic rings. The second-order valence-electron chi connectivity index (χ2n) is 8.56. The molecule has 31 heavy (non-hydrogen) atoms. The number of carbonyl (C=O) groups is 2. The molecular weight excluding hydrogens is 388 g/mol. The van der Waals surface area contributed by atoms with Gasteiger partial charge in [-0.3, -0.25) is 9.59 Å². The number of hydrogen-bond donors (Lipinski definition) is 1. The van der Waals surface area contributed by atoms with E-state index < -0.39 is 0 Å². The molecule has 1 fully saturated rings. The first-order valence-corrected chi connectivity index (χ1v) is 10.8. The summed E-state index contributed by atoms with van der Waals surface area (Å²) in [7, 11) is 0. The van der Waals surface area contributed by atoms with Gasteiger partial charge in [0.15, 0.2) is 0 Å². The van der Waals surface area contributed by atoms with Gasteiger partial charge in [0.2, 0.25) is 11.8 Å². The van der Waals surface area contributed by atoms with Crippen molar-refractivity contribution in [1.82, 2.24) is 9.55 Å². The van der Waals surface area contributed by atoms with Crippen molar-refractivity contribution >= 4 is 23.2 Å². The Hall–Kier alpha value is -3.41. The Morgan fingerprint density at radius 1 is 1.10 bits per heavy atom. The van der Waals surface area contributed by atoms with Crippen LogP contribution in [0.5, 0.6) is 0 Å². The molecule has 2 aliphatic rings. The van der Waals surface area contributed by atoms with Gasteiger partial charge in [-0.15, -0.1) is 0 Å². The minimum absolute atomic E-state index is 0.00617. The molecule has 1 saturated heterocycles. The Morgan fingerprint density at radius 2 is 1.90 bits per heavy atom. The Kier molecular flexibility index (Phi) is 4.85. The first kappa shape index (κ1) is 19.5. The maximum absolute atomic E-state index is 12.8. The van der Waals surface area contributed by atoms with Crippen molar-refractivity contribution in [1.29, 1.82) is 0 Å². The Morgan fingerprint density at radius 3 is 2.68 bits per heavy atom. The third-order valence-corrected chi connectivity index (χ3v) is 6.47. The zero-order chi connectivity index (χ0) is 21.5. The number of nitrogens with zero attached hydrogens (tertiary/aromatic N) is 3. The third-order valence-electron chi connectivity index (χ3n) is 6.47. The lowest BCUT2D eigenvalue weighted by Gasteiger charge is -2.18. The number of benzene rings is 2. The topological polar surface area (TPSA) is 67.2 Å². The molecule has 5 rings (SSSR count). The van der Waals surface area contributed by atoms with Crippen molar-refractivity contribution in [3.8, 4) is 11.3 Å². The minimum Gasteiger partial charge on any atom is -0.328 e. The first-order valence-electron chi connectivity index (χ1n) is 10.8. The SMILES string of the molecule is Cc1ccc(N2CC(C(=O)Nc3ccc(-c4cnc5n4CCC5)cc3)CC2=O)cc1C. The molecule has 1 aromatic heterocycles. The van der Waals surface area contributed by atoms with Gasteiger partial charge in [-0.25, -0.2) is 4.98 Å². The van der Waals surface area contributed by atoms with Gasteiger partial charge in [-0.1, -0.05) is 18.2 Å². The predicted molar refractivity (Wildman–Crippen MR) is 121 cm³/mol. The number of imidazole rings is 1. The van der Waals surface area contributed by atoms with Crippen LogP contribution in [-0.4, -0.2) is 27.9 Å². The van der Waals surface area contributed by atoms with E-state index in [0.717, 1.165) is 53.4 Å². The lowest BCUT2D eigenvalue weighted by atomic mass is 10.1. The second-order valence-corrected chi connectivity index (χ2v) is 8.56. The number of hydrogen-bond acceptors (Lipinski definition) is 3. The number of amides is 2. The van der Waals surface area contributed by atoms with Gasteiger partial charge >= 0.3 is 0 Å². The molecule has 2 aromatic carbocycles. The molecule has 0 spiro atoms. The standard InChI is InChI=1S/C25H26N4O2/c1-16-5-10-21(12-17(16)2)29-15-19(13-24(29)30)25(31)27-20-8-6-18(7-9-20)22-14-26-23-4-3-11-28(22)23/h5-10,12,14,19H,3-4,11,13,15H2,1-2H3,(H,27,31). The average molecular weight is 415 g/mol. The monoisotopic (exact) mass is 414 g/mol. The Labute approximate surface area is 181 Å². The zero-order valence-corrected chi connectivity index (χ0v) is 17.9. The van der Waals surface area contributed by atoms with E-state index in [-0.39, 0.29) is 24.2 Å². The maximum Gasteiger partial charge on any atom is 0.229 e. The van der Waals surface area contributed by atoms with E-state index >= 15 is 0 Å². The molecule has 6 nitrogen and oxygen atoms in total. The predicted octanol–water partition coefficient (Wildman–Crippen LogP) is 4.10. The first-order chi connectivity index (χ1) is 15.0. The van der Waals surface area contributed by atoms with Crippen LogP contribution in [0.3, 0.4) is 0 Å². The number of anilines is 2. The molecule has 2 amide bonds. The average Bonchev–Trinajstić information content (AvgIpc) is 3.47. The second kappa shape index (κ2) is 7.69. The van der Waals surface area contributed by atoms with Gasteiger partial charge in [-0.05, 0) is 61.2 Å². The van der Waals surface area contributed by atoms with Gasteiger partial charge in [0.25, 0.3) is 0 Å². The summed E-state index contributed by atoms with van der Waals surface area (Å²) in [4.78, 5) is 31.6. The number of nitrogens with one attached hydrogen (secondary N) is 1. The number of rotatable bonds is 4. The molecule has 0 radical (unpaired) electrons. The summed E-state index contributed by atoms with van der Waals surface area (Å²) >= 11 is 0. The normalized spacial score (nSPS) is 17.8. The van der Waals surface area contributed by atoms with E-state index in [2.05, 4.69) is 14.9 Å². The Bertz CT molecular complexity index is 1160. The molecule has 0 bridgehead atoms. The minimum atomic E-state index is -0.355. The van der Waals surface area contributed by atoms with Crippen molar-refractivity contribution in [3.05, 3.63) is 65.6 Å². The Balaban J connectivity index is 1.26. The van der Waals surface area contributed by atoms with Crippen molar-refractivity contribution in [2.75, 3.05) is 16.8 Å². The number of carbonyl (C=O) groups excluding carboxylic acids is 2. The molecule has 0 saturated carbocycles. The highest BCUT2D eigenvalue weighted by Gasteiger charge is 2.35. The molecule has 0 aliphatic carbocycles. The van der Waals surface area contributed by atoms with Gasteiger partial charge in [0.05, 0.1) is 17.8 Å². The summed E-state index contributed by atoms with van der Waals surface area (Å²) in [5, 5.41) is 2.98. The van der Waals surface area contributed by atoms with Gasteiger partial charge in [0.1, 0.15) is 5.82 Å². The summed E-state index contributed by atoms with van der Waals surface area (Å²) in [6, 6.07) is 13.8. The quantitative estimate of drug-likeness (QED) is 0.699. The fourth-order valence-corrected chi connectivity index (χ4v) is 4.48. The van der Waals surface area contributed by atoms with Crippen LogP contribution in [0.25, 0.3) is 11.3 Å². The maximum atomic E-state index is 12.8. The molecule has 158 valence electrons. The van der Waals surface area contributed by atoms with E-state index in [4.69, 9.17) is 0 Å². The van der Waals surface area contributed by atoms with Crippen LogP contribution in [0.15, 0.2) is 48.7 Å². The van der Waals surface area contributed by atoms with E-state index in [1.54, 1.807) is 4.90 Å². The molecule has 3 heterocycles. The van der Waals surface area contributed by atoms with Crippen LogP contribution < -0.4 is 10.2 Å². The van der Waals surface area contributed by atoms with Crippen molar-refractivity contribution < 1.29 is 9.59 Å². The van der Waals surface area contributed by atoms with E-state index in [9.17, 15) is 9.59 Å². The summed E-state index contributed by atoms with van der Waals surface area (Å²) in [5.41, 5.74) is 6.15. The fourth-order valence-electron chi connectivity index (χ4n) is 4.48. The zero-order valence-electron chi connectivity index (χ0n) is 17.9. The van der Waals surface area contributed by atoms with Crippen LogP contribution in [0.4, 0.5) is 11.4 Å². The number of fused-ring (bicyclic) bond motifs is 1. The van der Waals surface area contributed by atoms with Crippen LogP contribution in [0.1, 0.15) is 29.8 Å². The van der Waals surface area contributed by atoms with Crippen molar-refractivity contribution in [2.45, 2.75) is 39.7 Å². The van der Waals surface area contributed by atoms with Crippen molar-refractivity contribution in [2.24, 2.45) is 5.92 Å². The molecular formula is C25H26N4O2. The van der Waals surface area contributed by atoms with Crippen LogP contribution in [0.2, 0.25) is 0 Å². The molecule has 1 atom stereocenters. The third kappa shape index (κ3) is 3.63. The summed E-state index contributed by atoms with van der Waals surface area (Å²) < 4.78 is 2.26. The number of aromatic nitrogens is 2. The molecule has 1 N–H and O–H groups in total. The van der Waals surface area contributed by atoms with Gasteiger partial charge in [0, 0.05) is 37.3 Å². The summed E-state index contributed by atoms with van der Waals surface area (Å²) in [5.74, 6) is 0.671. The fraction of sp³-hybridized carbons (Fsp3) is 0.320. The molecule has 2 aliphatic heterocycles.